The predicted molar refractivity (Wildman–Crippen MR) is 84.3 cm³/mol. The van der Waals surface area contributed by atoms with Gasteiger partial charge in [-0.2, -0.15) is 0 Å². The van der Waals surface area contributed by atoms with Crippen LogP contribution in [0, 0.1) is 11.8 Å². The van der Waals surface area contributed by atoms with Crippen molar-refractivity contribution < 1.29 is 4.79 Å². The maximum Gasteiger partial charge on any atom is 0.272 e. The molecule has 116 valence electrons. The summed E-state index contributed by atoms with van der Waals surface area (Å²) in [4.78, 5) is 22.9. The smallest absolute Gasteiger partial charge is 0.272 e. The molecule has 1 amide bonds. The van der Waals surface area contributed by atoms with Crippen molar-refractivity contribution in [1.29, 1.82) is 0 Å². The van der Waals surface area contributed by atoms with Crippen LogP contribution in [0.1, 0.15) is 50.5 Å². The van der Waals surface area contributed by atoms with Gasteiger partial charge < -0.3 is 10.2 Å². The second-order valence-corrected chi connectivity index (χ2v) is 6.37. The number of carbonyl (C=O) groups is 1. The maximum atomic E-state index is 12.5. The molecule has 0 aromatic carbocycles. The van der Waals surface area contributed by atoms with Gasteiger partial charge in [-0.25, -0.2) is 9.97 Å². The molecule has 2 heterocycles. The van der Waals surface area contributed by atoms with Crippen LogP contribution in [0.2, 0.25) is 0 Å². The van der Waals surface area contributed by atoms with Crippen LogP contribution in [0.4, 0.5) is 5.95 Å². The molecule has 1 aromatic rings. The van der Waals surface area contributed by atoms with E-state index in [4.69, 9.17) is 0 Å². The van der Waals surface area contributed by atoms with Crippen LogP contribution < -0.4 is 5.32 Å². The maximum absolute atomic E-state index is 12.5. The molecule has 0 radical (unpaired) electrons. The largest absolute Gasteiger partial charge is 0.354 e. The first-order chi connectivity index (χ1) is 10.1. The Morgan fingerprint density at radius 2 is 2.33 bits per heavy atom. The molecule has 1 unspecified atom stereocenters. The lowest BCUT2D eigenvalue weighted by molar-refractivity contribution is 0.0677. The van der Waals surface area contributed by atoms with Gasteiger partial charge in [-0.3, -0.25) is 4.79 Å². The zero-order valence-electron chi connectivity index (χ0n) is 13.3. The fourth-order valence-electron chi connectivity index (χ4n) is 2.57. The van der Waals surface area contributed by atoms with Crippen molar-refractivity contribution in [3.05, 3.63) is 18.0 Å². The standard InChI is InChI=1S/C16H26N4O/c1-12(2)6-8-17-16-18-9-7-14(19-16)15(21)20-10-4-5-13(3)11-20/h7,9,12-13H,4-6,8,10-11H2,1-3H3,(H,17,18,19). The van der Waals surface area contributed by atoms with Gasteiger partial charge in [-0.15, -0.1) is 0 Å². The third-order valence-corrected chi connectivity index (χ3v) is 3.82. The number of piperidine rings is 1. The summed E-state index contributed by atoms with van der Waals surface area (Å²) in [6.45, 7) is 9.05. The highest BCUT2D eigenvalue weighted by Crippen LogP contribution is 2.17. The number of hydrogen-bond donors (Lipinski definition) is 1. The SMILES string of the molecule is CC(C)CCNc1nccc(C(=O)N2CCCC(C)C2)n1. The third-order valence-electron chi connectivity index (χ3n) is 3.82. The fraction of sp³-hybridized carbons (Fsp3) is 0.688. The van der Waals surface area contributed by atoms with Gasteiger partial charge in [0.1, 0.15) is 5.69 Å². The van der Waals surface area contributed by atoms with Crippen LogP contribution in [0.5, 0.6) is 0 Å². The fourth-order valence-corrected chi connectivity index (χ4v) is 2.57. The van der Waals surface area contributed by atoms with Gasteiger partial charge in [0.05, 0.1) is 0 Å². The Hall–Kier alpha value is -1.65. The Morgan fingerprint density at radius 1 is 1.52 bits per heavy atom. The summed E-state index contributed by atoms with van der Waals surface area (Å²) in [7, 11) is 0. The second-order valence-electron chi connectivity index (χ2n) is 6.37. The number of anilines is 1. The van der Waals surface area contributed by atoms with Gasteiger partial charge in [-0.1, -0.05) is 20.8 Å². The Balaban J connectivity index is 1.97. The van der Waals surface area contributed by atoms with Gasteiger partial charge >= 0.3 is 0 Å². The molecular weight excluding hydrogens is 264 g/mol. The Bertz CT molecular complexity index is 475. The first-order valence-electron chi connectivity index (χ1n) is 7.92. The number of hydrogen-bond acceptors (Lipinski definition) is 4. The number of carbonyl (C=O) groups excluding carboxylic acids is 1. The molecule has 0 spiro atoms. The topological polar surface area (TPSA) is 58.1 Å². The second kappa shape index (κ2) is 7.38. The summed E-state index contributed by atoms with van der Waals surface area (Å²) in [6.07, 6.45) is 5.00. The Labute approximate surface area is 127 Å². The molecular formula is C16H26N4O. The van der Waals surface area contributed by atoms with E-state index in [0.29, 0.717) is 23.5 Å². The van der Waals surface area contributed by atoms with E-state index in [1.807, 2.05) is 4.90 Å². The molecule has 1 aliphatic heterocycles. The monoisotopic (exact) mass is 290 g/mol. The molecule has 1 aliphatic rings. The molecule has 5 nitrogen and oxygen atoms in total. The van der Waals surface area contributed by atoms with Crippen molar-refractivity contribution in [3.8, 4) is 0 Å². The van der Waals surface area contributed by atoms with Gasteiger partial charge in [0.25, 0.3) is 5.91 Å². The molecule has 1 atom stereocenters. The van der Waals surface area contributed by atoms with Crippen LogP contribution in [0.3, 0.4) is 0 Å². The number of amides is 1. The van der Waals surface area contributed by atoms with Crippen LogP contribution in [0.15, 0.2) is 12.3 Å². The highest BCUT2D eigenvalue weighted by molar-refractivity contribution is 5.92. The average molecular weight is 290 g/mol. The number of nitrogens with one attached hydrogen (secondary N) is 1. The van der Waals surface area contributed by atoms with E-state index < -0.39 is 0 Å². The minimum absolute atomic E-state index is 0.0239. The highest BCUT2D eigenvalue weighted by atomic mass is 16.2. The van der Waals surface area contributed by atoms with Gasteiger partial charge in [0, 0.05) is 25.8 Å². The van der Waals surface area contributed by atoms with Gasteiger partial charge in [0.2, 0.25) is 5.95 Å². The third kappa shape index (κ3) is 4.69. The van der Waals surface area contributed by atoms with Crippen molar-refractivity contribution in [2.45, 2.75) is 40.0 Å². The molecule has 21 heavy (non-hydrogen) atoms. The first kappa shape index (κ1) is 15.7. The predicted octanol–water partition coefficient (Wildman–Crippen LogP) is 2.81. The zero-order chi connectivity index (χ0) is 15.2. The molecule has 0 aliphatic carbocycles. The highest BCUT2D eigenvalue weighted by Gasteiger charge is 2.23. The molecule has 5 heteroatoms. The summed E-state index contributed by atoms with van der Waals surface area (Å²) in [5.41, 5.74) is 0.492. The van der Waals surface area contributed by atoms with Crippen LogP contribution >= 0.6 is 0 Å². The molecule has 0 bridgehead atoms. The summed E-state index contributed by atoms with van der Waals surface area (Å²) >= 11 is 0. The van der Waals surface area contributed by atoms with E-state index in [1.165, 1.54) is 6.42 Å². The average Bonchev–Trinajstić information content (AvgIpc) is 2.46. The summed E-state index contributed by atoms with van der Waals surface area (Å²) in [6, 6.07) is 1.70. The lowest BCUT2D eigenvalue weighted by atomic mass is 10.00. The first-order valence-corrected chi connectivity index (χ1v) is 7.92. The van der Waals surface area contributed by atoms with Crippen molar-refractivity contribution in [1.82, 2.24) is 14.9 Å². The van der Waals surface area contributed by atoms with E-state index >= 15 is 0 Å². The van der Waals surface area contributed by atoms with E-state index in [2.05, 4.69) is 36.1 Å². The molecule has 2 rings (SSSR count). The lowest BCUT2D eigenvalue weighted by Crippen LogP contribution is -2.39. The number of nitrogens with zero attached hydrogens (tertiary/aromatic N) is 3. The lowest BCUT2D eigenvalue weighted by Gasteiger charge is -2.30. The van der Waals surface area contributed by atoms with Gasteiger partial charge in [0.15, 0.2) is 0 Å². The quantitative estimate of drug-likeness (QED) is 0.906. The van der Waals surface area contributed by atoms with E-state index in [-0.39, 0.29) is 5.91 Å². The van der Waals surface area contributed by atoms with Crippen molar-refractivity contribution in [2.75, 3.05) is 25.0 Å². The van der Waals surface area contributed by atoms with E-state index in [0.717, 1.165) is 32.5 Å². The Morgan fingerprint density at radius 3 is 3.05 bits per heavy atom. The van der Waals surface area contributed by atoms with Crippen LogP contribution in [-0.2, 0) is 0 Å². The Kier molecular flexibility index (Phi) is 5.53. The van der Waals surface area contributed by atoms with Crippen molar-refractivity contribution in [3.63, 3.8) is 0 Å². The summed E-state index contributed by atoms with van der Waals surface area (Å²) < 4.78 is 0. The molecule has 1 saturated heterocycles. The minimum atomic E-state index is 0.0239. The molecule has 1 N–H and O–H groups in total. The number of likely N-dealkylation sites (tertiary alicyclic amines) is 1. The number of rotatable bonds is 5. The van der Waals surface area contributed by atoms with Gasteiger partial charge in [-0.05, 0) is 37.2 Å². The minimum Gasteiger partial charge on any atom is -0.354 e. The van der Waals surface area contributed by atoms with Crippen molar-refractivity contribution in [2.24, 2.45) is 11.8 Å². The summed E-state index contributed by atoms with van der Waals surface area (Å²) in [5.74, 6) is 1.78. The van der Waals surface area contributed by atoms with E-state index in [1.54, 1.807) is 12.3 Å². The van der Waals surface area contributed by atoms with E-state index in [9.17, 15) is 4.79 Å². The zero-order valence-corrected chi connectivity index (χ0v) is 13.3. The molecule has 0 saturated carbocycles. The molecule has 1 aromatic heterocycles. The number of aromatic nitrogens is 2. The summed E-state index contributed by atoms with van der Waals surface area (Å²) in [5, 5.41) is 3.19. The van der Waals surface area contributed by atoms with Crippen LogP contribution in [-0.4, -0.2) is 40.4 Å². The normalized spacial score (nSPS) is 18.9. The molecule has 1 fully saturated rings. The van der Waals surface area contributed by atoms with Crippen molar-refractivity contribution >= 4 is 11.9 Å². The van der Waals surface area contributed by atoms with Crippen LogP contribution in [0.25, 0.3) is 0 Å².